The van der Waals surface area contributed by atoms with Crippen LogP contribution in [0.15, 0.2) is 0 Å². The van der Waals surface area contributed by atoms with Crippen molar-refractivity contribution in [2.24, 2.45) is 11.3 Å². The maximum Gasteiger partial charge on any atom is 0.397 e. The highest BCUT2D eigenvalue weighted by atomic mass is 19.1. The van der Waals surface area contributed by atoms with Crippen LogP contribution in [0.5, 0.6) is 0 Å². The van der Waals surface area contributed by atoms with Gasteiger partial charge in [0.1, 0.15) is 0 Å². The summed E-state index contributed by atoms with van der Waals surface area (Å²) < 4.78 is 12.1. The summed E-state index contributed by atoms with van der Waals surface area (Å²) in [7, 11) is 0. The fourth-order valence-electron chi connectivity index (χ4n) is 1.59. The first-order valence-corrected chi connectivity index (χ1v) is 4.37. The monoisotopic (exact) mass is 173 g/mol. The second kappa shape index (κ2) is 3.04. The van der Waals surface area contributed by atoms with Crippen LogP contribution in [0.2, 0.25) is 0 Å². The molecule has 3 heteroatoms. The highest BCUT2D eigenvalue weighted by Crippen LogP contribution is 2.40. The zero-order valence-electron chi connectivity index (χ0n) is 7.86. The number of hydrogen-bond acceptors (Lipinski definition) is 1. The Morgan fingerprint density at radius 2 is 2.00 bits per heavy atom. The van der Waals surface area contributed by atoms with Crippen molar-refractivity contribution < 1.29 is 9.18 Å². The van der Waals surface area contributed by atoms with Crippen LogP contribution in [0.3, 0.4) is 0 Å². The molecular weight excluding hydrogens is 157 g/mol. The average Bonchev–Trinajstić information content (AvgIpc) is 2.60. The Balaban J connectivity index is 2.54. The van der Waals surface area contributed by atoms with Gasteiger partial charge in [-0.05, 0) is 24.2 Å². The van der Waals surface area contributed by atoms with E-state index in [1.165, 1.54) is 0 Å². The van der Waals surface area contributed by atoms with E-state index < -0.39 is 6.16 Å². The lowest BCUT2D eigenvalue weighted by Crippen LogP contribution is -2.43. The molecule has 1 aliphatic carbocycles. The minimum Gasteiger partial charge on any atom is -0.324 e. The van der Waals surface area contributed by atoms with Crippen molar-refractivity contribution in [1.82, 2.24) is 5.32 Å². The second-order valence-corrected chi connectivity index (χ2v) is 4.60. The van der Waals surface area contributed by atoms with Gasteiger partial charge in [-0.2, -0.15) is 0 Å². The van der Waals surface area contributed by atoms with Crippen molar-refractivity contribution in [2.45, 2.75) is 39.7 Å². The lowest BCUT2D eigenvalue weighted by atomic mass is 9.84. The fourth-order valence-corrected chi connectivity index (χ4v) is 1.59. The molecule has 1 fully saturated rings. The number of amides is 1. The predicted molar refractivity (Wildman–Crippen MR) is 45.6 cm³/mol. The van der Waals surface area contributed by atoms with E-state index in [4.69, 9.17) is 0 Å². The first-order chi connectivity index (χ1) is 5.41. The quantitative estimate of drug-likeness (QED) is 0.504. The van der Waals surface area contributed by atoms with E-state index in [1.807, 2.05) is 20.8 Å². The number of carbonyl (C=O) groups excluding carboxylic acids is 1. The van der Waals surface area contributed by atoms with E-state index in [0.717, 1.165) is 12.8 Å². The summed E-state index contributed by atoms with van der Waals surface area (Å²) in [6.45, 7) is 6.06. The third-order valence-electron chi connectivity index (χ3n) is 2.30. The molecule has 1 aliphatic rings. The molecule has 70 valence electrons. The summed E-state index contributed by atoms with van der Waals surface area (Å²) in [6, 6.07) is -0.00463. The third kappa shape index (κ3) is 2.47. The van der Waals surface area contributed by atoms with Gasteiger partial charge < -0.3 is 5.32 Å². The maximum atomic E-state index is 12.1. The van der Waals surface area contributed by atoms with Crippen molar-refractivity contribution in [3.8, 4) is 0 Å². The third-order valence-corrected chi connectivity index (χ3v) is 2.30. The summed E-state index contributed by atoms with van der Waals surface area (Å²) in [6.07, 6.45) is 0.826. The van der Waals surface area contributed by atoms with E-state index in [9.17, 15) is 9.18 Å². The van der Waals surface area contributed by atoms with Gasteiger partial charge in [0, 0.05) is 6.04 Å². The molecule has 1 N–H and O–H groups in total. The van der Waals surface area contributed by atoms with Crippen LogP contribution in [0.4, 0.5) is 9.18 Å². The Morgan fingerprint density at radius 1 is 1.50 bits per heavy atom. The molecule has 0 heterocycles. The SMILES string of the molecule is CC(C)(C)C(NC(=O)F)C1CC1. The largest absolute Gasteiger partial charge is 0.397 e. The van der Waals surface area contributed by atoms with E-state index in [-0.39, 0.29) is 11.5 Å². The van der Waals surface area contributed by atoms with Crippen molar-refractivity contribution in [3.05, 3.63) is 0 Å². The Labute approximate surface area is 72.5 Å². The van der Waals surface area contributed by atoms with Crippen molar-refractivity contribution in [1.29, 1.82) is 0 Å². The molecule has 1 saturated carbocycles. The van der Waals surface area contributed by atoms with E-state index >= 15 is 0 Å². The van der Waals surface area contributed by atoms with Crippen molar-refractivity contribution in [2.75, 3.05) is 0 Å². The molecule has 0 bridgehead atoms. The standard InChI is InChI=1S/C9H16FNO/c1-9(2,3)7(6-4-5-6)11-8(10)12/h6-7H,4-5H2,1-3H3,(H,11,12). The summed E-state index contributed by atoms with van der Waals surface area (Å²) in [5, 5.41) is 2.38. The van der Waals surface area contributed by atoms with Gasteiger partial charge >= 0.3 is 6.16 Å². The highest BCUT2D eigenvalue weighted by Gasteiger charge is 2.39. The maximum absolute atomic E-state index is 12.1. The van der Waals surface area contributed by atoms with E-state index in [0.29, 0.717) is 5.92 Å². The number of rotatable bonds is 2. The predicted octanol–water partition coefficient (Wildman–Crippen LogP) is 2.49. The van der Waals surface area contributed by atoms with Crippen LogP contribution < -0.4 is 5.32 Å². The zero-order valence-corrected chi connectivity index (χ0v) is 7.86. The molecular formula is C9H16FNO. The minimum atomic E-state index is -1.40. The minimum absolute atomic E-state index is 0.00463. The fraction of sp³-hybridized carbons (Fsp3) is 0.889. The van der Waals surface area contributed by atoms with Gasteiger partial charge in [0.05, 0.1) is 0 Å². The molecule has 0 aromatic heterocycles. The summed E-state index contributed by atoms with van der Waals surface area (Å²) in [5.41, 5.74) is -0.0388. The molecule has 0 saturated heterocycles. The molecule has 0 aromatic rings. The van der Waals surface area contributed by atoms with Crippen LogP contribution in [-0.2, 0) is 0 Å². The molecule has 12 heavy (non-hydrogen) atoms. The number of hydrogen-bond donors (Lipinski definition) is 1. The lowest BCUT2D eigenvalue weighted by molar-refractivity contribution is 0.192. The first-order valence-electron chi connectivity index (χ1n) is 4.37. The second-order valence-electron chi connectivity index (χ2n) is 4.60. The Hall–Kier alpha value is -0.600. The molecule has 1 rings (SSSR count). The van der Waals surface area contributed by atoms with Gasteiger partial charge in [-0.1, -0.05) is 20.8 Å². The van der Waals surface area contributed by atoms with Gasteiger partial charge in [-0.3, -0.25) is 0 Å². The van der Waals surface area contributed by atoms with Gasteiger partial charge in [0.25, 0.3) is 0 Å². The average molecular weight is 173 g/mol. The topological polar surface area (TPSA) is 29.1 Å². The molecule has 0 aromatic carbocycles. The van der Waals surface area contributed by atoms with Gasteiger partial charge in [-0.25, -0.2) is 4.79 Å². The smallest absolute Gasteiger partial charge is 0.324 e. The number of halogens is 1. The van der Waals surface area contributed by atoms with Crippen LogP contribution in [0.25, 0.3) is 0 Å². The van der Waals surface area contributed by atoms with Crippen LogP contribution >= 0.6 is 0 Å². The first kappa shape index (κ1) is 9.49. The van der Waals surface area contributed by atoms with Gasteiger partial charge in [0.15, 0.2) is 0 Å². The highest BCUT2D eigenvalue weighted by molar-refractivity contribution is 5.66. The Kier molecular flexibility index (Phi) is 2.40. The van der Waals surface area contributed by atoms with Gasteiger partial charge in [0.2, 0.25) is 0 Å². The normalized spacial score (nSPS) is 20.3. The lowest BCUT2D eigenvalue weighted by Gasteiger charge is -2.30. The Bertz CT molecular complexity index is 181. The molecule has 2 nitrogen and oxygen atoms in total. The molecule has 0 spiro atoms. The molecule has 0 aliphatic heterocycles. The van der Waals surface area contributed by atoms with Gasteiger partial charge in [-0.15, -0.1) is 4.39 Å². The number of carbonyl (C=O) groups is 1. The zero-order chi connectivity index (χ0) is 9.35. The summed E-state index contributed by atoms with van der Waals surface area (Å²) in [4.78, 5) is 10.3. The van der Waals surface area contributed by atoms with E-state index in [2.05, 4.69) is 5.32 Å². The molecule has 1 unspecified atom stereocenters. The van der Waals surface area contributed by atoms with Crippen LogP contribution in [0.1, 0.15) is 33.6 Å². The van der Waals surface area contributed by atoms with Crippen molar-refractivity contribution >= 4 is 6.16 Å². The van der Waals surface area contributed by atoms with E-state index in [1.54, 1.807) is 0 Å². The molecule has 0 radical (unpaired) electrons. The van der Waals surface area contributed by atoms with Crippen molar-refractivity contribution in [3.63, 3.8) is 0 Å². The summed E-state index contributed by atoms with van der Waals surface area (Å²) >= 11 is 0. The Morgan fingerprint density at radius 3 is 2.25 bits per heavy atom. The molecule has 1 amide bonds. The number of nitrogens with one attached hydrogen (secondary N) is 1. The molecule has 1 atom stereocenters. The summed E-state index contributed by atoms with van der Waals surface area (Å²) in [5.74, 6) is 0.490. The van der Waals surface area contributed by atoms with Crippen LogP contribution in [-0.4, -0.2) is 12.2 Å². The van der Waals surface area contributed by atoms with Crippen LogP contribution in [0, 0.1) is 11.3 Å².